The first-order chi connectivity index (χ1) is 38.1. The Morgan fingerprint density at radius 2 is 0.558 bits per heavy atom. The predicted octanol–water partition coefficient (Wildman–Crippen LogP) is 21.0. The third-order valence-electron chi connectivity index (χ3n) is 15.1. The summed E-state index contributed by atoms with van der Waals surface area (Å²) in [6.45, 7) is 0. The number of ether oxygens (including phenoxy) is 1. The van der Waals surface area contributed by atoms with Crippen LogP contribution in [-0.2, 0) is 0 Å². The van der Waals surface area contributed by atoms with Gasteiger partial charge in [0.05, 0.1) is 0 Å². The third-order valence-corrected chi connectivity index (χ3v) is 15.1. The summed E-state index contributed by atoms with van der Waals surface area (Å²) in [5.41, 5.74) is 20.5. The highest BCUT2D eigenvalue weighted by atomic mass is 16.5. The molecular weight excluding hydrogens is 933 g/mol. The molecule has 77 heavy (non-hydrogen) atoms. The second-order valence-electron chi connectivity index (χ2n) is 19.7. The molecule has 0 aromatic heterocycles. The molecule has 3 nitrogen and oxygen atoms in total. The van der Waals surface area contributed by atoms with Crippen molar-refractivity contribution in [1.82, 2.24) is 0 Å². The van der Waals surface area contributed by atoms with E-state index in [0.29, 0.717) is 0 Å². The van der Waals surface area contributed by atoms with Crippen molar-refractivity contribution >= 4 is 55.7 Å². The summed E-state index contributed by atoms with van der Waals surface area (Å²) >= 11 is 0. The standard InChI is InChI=1S/C74H50N2O/c1-5-14-51(15-6-1)55-24-36-62(37-25-55)75(63-38-26-56(27-39-63)52-16-7-2-8-17-52)64-44-32-59(33-45-64)60-35-47-68-71-48-61-34-46-67(50-70(61)69-22-13-23-72(74(69)71)77-73(68)49-60)76(65-40-28-57(29-41-65)53-18-9-3-10-19-53)66-42-30-58(31-43-66)54-20-11-4-12-21-54/h1-50H. The first-order valence-electron chi connectivity index (χ1n) is 26.3. The highest BCUT2D eigenvalue weighted by molar-refractivity contribution is 6.18. The van der Waals surface area contributed by atoms with Gasteiger partial charge in [0.15, 0.2) is 0 Å². The quantitative estimate of drug-likeness (QED) is 0.120. The molecule has 0 spiro atoms. The molecule has 0 aliphatic carbocycles. The van der Waals surface area contributed by atoms with Crippen molar-refractivity contribution in [3.05, 3.63) is 303 Å². The summed E-state index contributed by atoms with van der Waals surface area (Å²) in [6, 6.07) is 109. The third kappa shape index (κ3) is 8.66. The minimum absolute atomic E-state index is 0.852. The zero-order chi connectivity index (χ0) is 51.1. The van der Waals surface area contributed by atoms with Crippen LogP contribution in [0, 0.1) is 0 Å². The Kier molecular flexibility index (Phi) is 11.5. The van der Waals surface area contributed by atoms with Crippen LogP contribution in [-0.4, -0.2) is 0 Å². The van der Waals surface area contributed by atoms with Crippen molar-refractivity contribution in [2.75, 3.05) is 9.80 Å². The van der Waals surface area contributed by atoms with Gasteiger partial charge in [-0.05, 0) is 174 Å². The van der Waals surface area contributed by atoms with Gasteiger partial charge in [0.2, 0.25) is 0 Å². The van der Waals surface area contributed by atoms with Gasteiger partial charge in [-0.2, -0.15) is 0 Å². The summed E-state index contributed by atoms with van der Waals surface area (Å²) in [5.74, 6) is 1.71. The van der Waals surface area contributed by atoms with E-state index >= 15 is 0 Å². The Hall–Kier alpha value is -10.2. The topological polar surface area (TPSA) is 15.7 Å². The van der Waals surface area contributed by atoms with Gasteiger partial charge in [-0.3, -0.25) is 0 Å². The minimum atomic E-state index is 0.852. The SMILES string of the molecule is c1ccc(-c2ccc(N(c3ccc(-c4ccccc4)cc3)c3ccc(-c4ccc5c(c4)Oc4cccc6c4c-5cc4ccc(N(c5ccc(-c7ccccc7)cc5)c5ccc(-c7ccccc7)cc5)cc46)cc3)cc2)cc1. The van der Waals surface area contributed by atoms with E-state index in [0.717, 1.165) is 73.1 Å². The van der Waals surface area contributed by atoms with Gasteiger partial charge < -0.3 is 14.5 Å². The van der Waals surface area contributed by atoms with E-state index in [2.05, 4.69) is 313 Å². The lowest BCUT2D eigenvalue weighted by Crippen LogP contribution is -2.10. The molecule has 1 aliphatic rings. The fraction of sp³-hybridized carbons (Fsp3) is 0. The van der Waals surface area contributed by atoms with Crippen molar-refractivity contribution in [1.29, 1.82) is 0 Å². The summed E-state index contributed by atoms with van der Waals surface area (Å²) in [4.78, 5) is 4.70. The van der Waals surface area contributed by atoms with Crippen molar-refractivity contribution in [2.45, 2.75) is 0 Å². The number of anilines is 6. The van der Waals surface area contributed by atoms with Crippen LogP contribution in [0.4, 0.5) is 34.1 Å². The molecule has 13 aromatic carbocycles. The van der Waals surface area contributed by atoms with Gasteiger partial charge >= 0.3 is 0 Å². The molecular formula is C74H50N2O. The van der Waals surface area contributed by atoms with Gasteiger partial charge in [-0.25, -0.2) is 0 Å². The predicted molar refractivity (Wildman–Crippen MR) is 324 cm³/mol. The van der Waals surface area contributed by atoms with E-state index in [1.165, 1.54) is 60.8 Å². The zero-order valence-corrected chi connectivity index (χ0v) is 42.2. The monoisotopic (exact) mass is 982 g/mol. The van der Waals surface area contributed by atoms with E-state index in [9.17, 15) is 0 Å². The lowest BCUT2D eigenvalue weighted by atomic mass is 9.89. The Balaban J connectivity index is 0.798. The fourth-order valence-electron chi connectivity index (χ4n) is 11.2. The summed E-state index contributed by atoms with van der Waals surface area (Å²) in [6.07, 6.45) is 0. The molecule has 0 saturated heterocycles. The maximum atomic E-state index is 6.91. The lowest BCUT2D eigenvalue weighted by molar-refractivity contribution is 0.487. The van der Waals surface area contributed by atoms with Crippen molar-refractivity contribution in [3.63, 3.8) is 0 Å². The number of hydrogen-bond donors (Lipinski definition) is 0. The Bertz CT molecular complexity index is 4050. The van der Waals surface area contributed by atoms with Crippen LogP contribution in [0.2, 0.25) is 0 Å². The van der Waals surface area contributed by atoms with Crippen LogP contribution >= 0.6 is 0 Å². The maximum absolute atomic E-state index is 6.91. The molecule has 0 unspecified atom stereocenters. The lowest BCUT2D eigenvalue weighted by Gasteiger charge is -2.27. The van der Waals surface area contributed by atoms with Crippen LogP contribution in [0.5, 0.6) is 11.5 Å². The molecule has 14 rings (SSSR count). The molecule has 0 saturated carbocycles. The second-order valence-corrected chi connectivity index (χ2v) is 19.7. The number of hydrogen-bond acceptors (Lipinski definition) is 3. The summed E-state index contributed by atoms with van der Waals surface area (Å²) < 4.78 is 6.91. The smallest absolute Gasteiger partial charge is 0.135 e. The number of rotatable bonds is 11. The highest BCUT2D eigenvalue weighted by Gasteiger charge is 2.24. The van der Waals surface area contributed by atoms with E-state index in [4.69, 9.17) is 4.74 Å². The van der Waals surface area contributed by atoms with Crippen molar-refractivity contribution in [2.24, 2.45) is 0 Å². The van der Waals surface area contributed by atoms with Crippen LogP contribution in [0.15, 0.2) is 303 Å². The van der Waals surface area contributed by atoms with Crippen LogP contribution in [0.3, 0.4) is 0 Å². The van der Waals surface area contributed by atoms with Gasteiger partial charge in [-0.1, -0.05) is 206 Å². The Morgan fingerprint density at radius 3 is 0.974 bits per heavy atom. The molecule has 0 fully saturated rings. The van der Waals surface area contributed by atoms with E-state index in [1.54, 1.807) is 0 Å². The van der Waals surface area contributed by atoms with Crippen LogP contribution in [0.25, 0.3) is 88.3 Å². The molecule has 0 N–H and O–H groups in total. The largest absolute Gasteiger partial charge is 0.456 e. The summed E-state index contributed by atoms with van der Waals surface area (Å²) in [7, 11) is 0. The minimum Gasteiger partial charge on any atom is -0.456 e. The molecule has 0 bridgehead atoms. The molecule has 0 radical (unpaired) electrons. The molecule has 1 aliphatic heterocycles. The molecule has 362 valence electrons. The molecule has 0 amide bonds. The molecule has 13 aromatic rings. The zero-order valence-electron chi connectivity index (χ0n) is 42.2. The first-order valence-corrected chi connectivity index (χ1v) is 26.3. The average molecular weight is 983 g/mol. The van der Waals surface area contributed by atoms with E-state index in [-0.39, 0.29) is 0 Å². The van der Waals surface area contributed by atoms with E-state index in [1.807, 2.05) is 0 Å². The molecule has 1 heterocycles. The number of nitrogens with zero attached hydrogens (tertiary/aromatic N) is 2. The van der Waals surface area contributed by atoms with Gasteiger partial charge in [0, 0.05) is 45.1 Å². The fourth-order valence-corrected chi connectivity index (χ4v) is 11.2. The van der Waals surface area contributed by atoms with Gasteiger partial charge in [0.1, 0.15) is 11.5 Å². The normalized spacial score (nSPS) is 11.5. The maximum Gasteiger partial charge on any atom is 0.135 e. The van der Waals surface area contributed by atoms with E-state index < -0.39 is 0 Å². The van der Waals surface area contributed by atoms with Gasteiger partial charge in [0.25, 0.3) is 0 Å². The molecule has 3 heteroatoms. The summed E-state index contributed by atoms with van der Waals surface area (Å²) in [5, 5.41) is 4.64. The molecule has 0 atom stereocenters. The van der Waals surface area contributed by atoms with Crippen molar-refractivity contribution < 1.29 is 4.74 Å². The van der Waals surface area contributed by atoms with Crippen molar-refractivity contribution in [3.8, 4) is 78.3 Å². The van der Waals surface area contributed by atoms with Crippen LogP contribution < -0.4 is 14.5 Å². The Morgan fingerprint density at radius 1 is 0.208 bits per heavy atom. The first kappa shape index (κ1) is 45.4. The second kappa shape index (κ2) is 19.6. The number of fused-ring (bicyclic) bond motifs is 4. The number of benzene rings is 13. The highest BCUT2D eigenvalue weighted by Crippen LogP contribution is 2.51. The van der Waals surface area contributed by atoms with Gasteiger partial charge in [-0.15, -0.1) is 0 Å². The Labute approximate surface area is 449 Å². The average Bonchev–Trinajstić information content (AvgIpc) is 3.54. The van der Waals surface area contributed by atoms with Crippen LogP contribution in [0.1, 0.15) is 0 Å².